The molecule has 1 aromatic carbocycles. The van der Waals surface area contributed by atoms with Gasteiger partial charge in [-0.05, 0) is 44.2 Å². The molecule has 1 saturated carbocycles. The Morgan fingerprint density at radius 3 is 2.67 bits per heavy atom. The summed E-state index contributed by atoms with van der Waals surface area (Å²) >= 11 is 5.60. The minimum atomic E-state index is -4.81. The van der Waals surface area contributed by atoms with Crippen LogP contribution in [0.5, 0.6) is 5.75 Å². The predicted molar refractivity (Wildman–Crippen MR) is 104 cm³/mol. The minimum absolute atomic E-state index is 0.0511. The Balaban J connectivity index is 1.25. The number of ether oxygens (including phenoxy) is 3. The highest BCUT2D eigenvalue weighted by molar-refractivity contribution is 6.30. The van der Waals surface area contributed by atoms with E-state index < -0.39 is 29.8 Å². The summed E-state index contributed by atoms with van der Waals surface area (Å²) < 4.78 is 72.3. The summed E-state index contributed by atoms with van der Waals surface area (Å²) in [6, 6.07) is 3.53. The average molecular weight is 494 g/mol. The van der Waals surface area contributed by atoms with Gasteiger partial charge in [0.2, 0.25) is 11.8 Å². The van der Waals surface area contributed by atoms with Crippen LogP contribution in [0.4, 0.5) is 17.6 Å². The molecule has 2 aliphatic rings. The van der Waals surface area contributed by atoms with Crippen molar-refractivity contribution < 1.29 is 41.0 Å². The van der Waals surface area contributed by atoms with Crippen LogP contribution in [0.2, 0.25) is 5.02 Å². The normalized spacial score (nSPS) is 22.5. The molecule has 1 aliphatic heterocycles. The molecular formula is C20H20ClF4N3O5. The third kappa shape index (κ3) is 5.74. The smallest absolute Gasteiger partial charge is 0.484 e. The zero-order valence-electron chi connectivity index (χ0n) is 17.2. The zero-order valence-corrected chi connectivity index (χ0v) is 17.9. The van der Waals surface area contributed by atoms with E-state index in [0.29, 0.717) is 19.3 Å². The molecule has 2 heterocycles. The highest BCUT2D eigenvalue weighted by atomic mass is 35.5. The fourth-order valence-corrected chi connectivity index (χ4v) is 3.79. The van der Waals surface area contributed by atoms with Gasteiger partial charge < -0.3 is 19.2 Å². The van der Waals surface area contributed by atoms with Gasteiger partial charge in [0.15, 0.2) is 12.2 Å². The Morgan fingerprint density at radius 1 is 1.27 bits per heavy atom. The standard InChI is InChI=1S/C20H20ClF4N3O5/c21-13-4-3-12(8-14(13)22)30-10-16(29)26-11-2-5-15(31-9-11)17-27-28-18(32-17)19(6-1-7-19)33-20(23,24)25/h3-4,8,11,15H,1-2,5-7,9-10H2,(H,26,29)/t11-,15+/m1/s1. The lowest BCUT2D eigenvalue weighted by molar-refractivity contribution is -0.387. The molecule has 1 aliphatic carbocycles. The molecule has 1 N–H and O–H groups in total. The van der Waals surface area contributed by atoms with Gasteiger partial charge in [0.1, 0.15) is 17.7 Å². The van der Waals surface area contributed by atoms with Crippen LogP contribution < -0.4 is 10.1 Å². The molecule has 13 heteroatoms. The molecule has 180 valence electrons. The first-order valence-corrected chi connectivity index (χ1v) is 10.6. The van der Waals surface area contributed by atoms with Crippen molar-refractivity contribution in [2.24, 2.45) is 0 Å². The molecule has 8 nitrogen and oxygen atoms in total. The summed E-state index contributed by atoms with van der Waals surface area (Å²) in [5.41, 5.74) is -1.64. The first-order valence-electron chi connectivity index (χ1n) is 10.2. The van der Waals surface area contributed by atoms with E-state index >= 15 is 0 Å². The lowest BCUT2D eigenvalue weighted by Crippen LogP contribution is -2.43. The number of carbonyl (C=O) groups excluding carboxylic acids is 1. The first-order chi connectivity index (χ1) is 15.6. The number of rotatable bonds is 7. The van der Waals surface area contributed by atoms with Crippen molar-refractivity contribution in [2.75, 3.05) is 13.2 Å². The van der Waals surface area contributed by atoms with Crippen molar-refractivity contribution in [1.29, 1.82) is 0 Å². The number of nitrogens with one attached hydrogen (secondary N) is 1. The van der Waals surface area contributed by atoms with Crippen LogP contribution in [0, 0.1) is 5.82 Å². The van der Waals surface area contributed by atoms with E-state index in [4.69, 9.17) is 25.5 Å². The summed E-state index contributed by atoms with van der Waals surface area (Å²) in [7, 11) is 0. The molecule has 2 aromatic rings. The Bertz CT molecular complexity index is 990. The highest BCUT2D eigenvalue weighted by Crippen LogP contribution is 2.48. The van der Waals surface area contributed by atoms with Crippen LogP contribution >= 0.6 is 11.6 Å². The SMILES string of the molecule is O=C(COc1ccc(Cl)c(F)c1)N[C@@H]1CC[C@@H](c2nnc(C3(OC(F)(F)F)CCC3)o2)OC1. The van der Waals surface area contributed by atoms with Crippen LogP contribution in [-0.2, 0) is 19.9 Å². The Morgan fingerprint density at radius 2 is 2.06 bits per heavy atom. The van der Waals surface area contributed by atoms with E-state index in [9.17, 15) is 22.4 Å². The van der Waals surface area contributed by atoms with Crippen molar-refractivity contribution in [3.63, 3.8) is 0 Å². The number of aromatic nitrogens is 2. The quantitative estimate of drug-likeness (QED) is 0.578. The van der Waals surface area contributed by atoms with Gasteiger partial charge in [-0.15, -0.1) is 23.4 Å². The summed E-state index contributed by atoms with van der Waals surface area (Å²) in [4.78, 5) is 12.1. The molecule has 2 fully saturated rings. The Kier molecular flexibility index (Phi) is 6.78. The Hall–Kier alpha value is -2.44. The van der Waals surface area contributed by atoms with Crippen LogP contribution in [-0.4, -0.2) is 41.7 Å². The summed E-state index contributed by atoms with van der Waals surface area (Å²) in [5, 5.41) is 10.3. The van der Waals surface area contributed by atoms with Crippen LogP contribution in [0.15, 0.2) is 22.6 Å². The molecule has 2 atom stereocenters. The fourth-order valence-electron chi connectivity index (χ4n) is 3.67. The minimum Gasteiger partial charge on any atom is -0.484 e. The number of alkyl halides is 3. The van der Waals surface area contributed by atoms with E-state index in [1.54, 1.807) is 0 Å². The second-order valence-corrected chi connectivity index (χ2v) is 8.28. The Labute approximate surface area is 190 Å². The molecule has 1 aromatic heterocycles. The van der Waals surface area contributed by atoms with Crippen LogP contribution in [0.1, 0.15) is 50.0 Å². The van der Waals surface area contributed by atoms with Crippen molar-refractivity contribution in [3.8, 4) is 5.75 Å². The lowest BCUT2D eigenvalue weighted by atomic mass is 9.80. The monoisotopic (exact) mass is 493 g/mol. The molecule has 0 bridgehead atoms. The van der Waals surface area contributed by atoms with Gasteiger partial charge >= 0.3 is 6.36 Å². The first kappa shape index (κ1) is 23.7. The summed E-state index contributed by atoms with van der Waals surface area (Å²) in [6.07, 6.45) is -3.66. The van der Waals surface area contributed by atoms with Gasteiger partial charge in [-0.2, -0.15) is 0 Å². The second kappa shape index (κ2) is 9.43. The van der Waals surface area contributed by atoms with Gasteiger partial charge in [0, 0.05) is 6.07 Å². The van der Waals surface area contributed by atoms with Crippen molar-refractivity contribution >= 4 is 17.5 Å². The predicted octanol–water partition coefficient (Wildman–Crippen LogP) is 4.19. The maximum Gasteiger partial charge on any atom is 0.523 e. The fraction of sp³-hybridized carbons (Fsp3) is 0.550. The summed E-state index contributed by atoms with van der Waals surface area (Å²) in [6.45, 7) is -0.191. The van der Waals surface area contributed by atoms with E-state index in [-0.39, 0.29) is 54.7 Å². The maximum absolute atomic E-state index is 13.4. The van der Waals surface area contributed by atoms with Gasteiger partial charge in [-0.25, -0.2) is 4.39 Å². The van der Waals surface area contributed by atoms with Gasteiger partial charge in [0.25, 0.3) is 5.91 Å². The molecule has 1 amide bonds. The highest BCUT2D eigenvalue weighted by Gasteiger charge is 2.52. The largest absolute Gasteiger partial charge is 0.523 e. The van der Waals surface area contributed by atoms with Gasteiger partial charge in [0.05, 0.1) is 17.7 Å². The number of amides is 1. The third-order valence-electron chi connectivity index (χ3n) is 5.48. The number of carbonyl (C=O) groups is 1. The zero-order chi connectivity index (χ0) is 23.6. The summed E-state index contributed by atoms with van der Waals surface area (Å²) in [5.74, 6) is -1.05. The molecule has 0 unspecified atom stereocenters. The molecular weight excluding hydrogens is 474 g/mol. The molecule has 0 radical (unpaired) electrons. The van der Waals surface area contributed by atoms with E-state index in [1.165, 1.54) is 12.1 Å². The topological polar surface area (TPSA) is 95.7 Å². The molecule has 4 rings (SSSR count). The number of benzene rings is 1. The van der Waals surface area contributed by atoms with Crippen LogP contribution in [0.3, 0.4) is 0 Å². The van der Waals surface area contributed by atoms with Crippen molar-refractivity contribution in [1.82, 2.24) is 15.5 Å². The number of hydrogen-bond acceptors (Lipinski definition) is 7. The van der Waals surface area contributed by atoms with E-state index in [2.05, 4.69) is 20.3 Å². The molecule has 33 heavy (non-hydrogen) atoms. The van der Waals surface area contributed by atoms with Crippen molar-refractivity contribution in [3.05, 3.63) is 40.8 Å². The maximum atomic E-state index is 13.4. The number of halogens is 5. The van der Waals surface area contributed by atoms with E-state index in [1.807, 2.05) is 0 Å². The number of hydrogen-bond donors (Lipinski definition) is 1. The van der Waals surface area contributed by atoms with E-state index in [0.717, 1.165) is 6.07 Å². The number of nitrogens with zero attached hydrogens (tertiary/aromatic N) is 2. The molecule has 1 saturated heterocycles. The molecule has 0 spiro atoms. The van der Waals surface area contributed by atoms with Gasteiger partial charge in [-0.1, -0.05) is 11.6 Å². The second-order valence-electron chi connectivity index (χ2n) is 7.87. The van der Waals surface area contributed by atoms with Gasteiger partial charge in [-0.3, -0.25) is 9.53 Å². The average Bonchev–Trinajstić information content (AvgIpc) is 3.22. The third-order valence-corrected chi connectivity index (χ3v) is 5.79. The lowest BCUT2D eigenvalue weighted by Gasteiger charge is -2.38. The van der Waals surface area contributed by atoms with Crippen LogP contribution in [0.25, 0.3) is 0 Å². The van der Waals surface area contributed by atoms with Crippen molar-refractivity contribution in [2.45, 2.75) is 56.2 Å².